The average Bonchev–Trinajstić information content (AvgIpc) is 2.46. The minimum Gasteiger partial charge on any atom is -0.304 e. The van der Waals surface area contributed by atoms with Gasteiger partial charge >= 0.3 is 13.3 Å². The van der Waals surface area contributed by atoms with Crippen molar-refractivity contribution in [3.63, 3.8) is 0 Å². The zero-order valence-electron chi connectivity index (χ0n) is 11.7. The molecule has 0 aliphatic heterocycles. The van der Waals surface area contributed by atoms with Crippen LogP contribution in [0.5, 0.6) is 0 Å². The number of hydrogen-bond acceptors (Lipinski definition) is 4. The van der Waals surface area contributed by atoms with Crippen LogP contribution in [0.1, 0.15) is 13.8 Å². The third kappa shape index (κ3) is 4.81. The van der Waals surface area contributed by atoms with E-state index in [1.807, 2.05) is 0 Å². The number of halogens is 2. The number of hydrogen-bond donors (Lipinski definition) is 0. The van der Waals surface area contributed by atoms with Crippen LogP contribution in [-0.2, 0) is 24.4 Å². The normalized spacial score (nSPS) is 14.5. The van der Waals surface area contributed by atoms with Crippen molar-refractivity contribution < 1.29 is 26.6 Å². The predicted octanol–water partition coefficient (Wildman–Crippen LogP) is 4.17. The highest BCUT2D eigenvalue weighted by Gasteiger charge is 2.51. The molecule has 21 heavy (non-hydrogen) atoms. The summed E-state index contributed by atoms with van der Waals surface area (Å²) in [6.07, 6.45) is 0.322. The predicted molar refractivity (Wildman–Crippen MR) is 77.8 cm³/mol. The van der Waals surface area contributed by atoms with Gasteiger partial charge in [0.15, 0.2) is 0 Å². The van der Waals surface area contributed by atoms with Gasteiger partial charge in [-0.2, -0.15) is 8.78 Å². The van der Waals surface area contributed by atoms with Crippen molar-refractivity contribution in [1.82, 2.24) is 0 Å². The lowest BCUT2D eigenvalue weighted by molar-refractivity contribution is 0.0795. The fraction of sp³-hybridized carbons (Fsp3) is 0.385. The van der Waals surface area contributed by atoms with Gasteiger partial charge in [0, 0.05) is 16.4 Å². The number of allylic oxidation sites excluding steroid dienone is 1. The third-order valence-electron chi connectivity index (χ3n) is 2.33. The van der Waals surface area contributed by atoms with Crippen molar-refractivity contribution in [2.24, 2.45) is 0 Å². The highest BCUT2D eigenvalue weighted by atomic mass is 32.2. The molecule has 0 saturated heterocycles. The minimum absolute atomic E-state index is 0.178. The van der Waals surface area contributed by atoms with Crippen LogP contribution >= 0.6 is 7.60 Å². The van der Waals surface area contributed by atoms with Gasteiger partial charge in [-0.15, -0.1) is 0 Å². The molecule has 1 unspecified atom stereocenters. The van der Waals surface area contributed by atoms with Crippen molar-refractivity contribution in [2.45, 2.75) is 24.4 Å². The first-order valence-electron chi connectivity index (χ1n) is 6.28. The van der Waals surface area contributed by atoms with Crippen LogP contribution in [0.15, 0.2) is 46.7 Å². The van der Waals surface area contributed by atoms with Gasteiger partial charge in [0.25, 0.3) is 0 Å². The molecule has 0 amide bonds. The Morgan fingerprint density at radius 1 is 1.19 bits per heavy atom. The van der Waals surface area contributed by atoms with Crippen LogP contribution in [0.3, 0.4) is 0 Å². The van der Waals surface area contributed by atoms with Crippen LogP contribution < -0.4 is 0 Å². The second kappa shape index (κ2) is 7.94. The van der Waals surface area contributed by atoms with E-state index in [-0.39, 0.29) is 13.2 Å². The SMILES string of the molecule is CCOP(=O)(OCC)C(F)(F)/C=C/S(=O)c1ccccc1. The molecule has 0 spiro atoms. The molecule has 0 N–H and O–H groups in total. The van der Waals surface area contributed by atoms with E-state index in [2.05, 4.69) is 9.05 Å². The van der Waals surface area contributed by atoms with E-state index >= 15 is 0 Å². The van der Waals surface area contributed by atoms with E-state index in [0.717, 1.165) is 5.41 Å². The monoisotopic (exact) mass is 338 g/mol. The Balaban J connectivity index is 2.94. The molecule has 0 fully saturated rings. The van der Waals surface area contributed by atoms with E-state index in [1.165, 1.54) is 13.8 Å². The summed E-state index contributed by atoms with van der Waals surface area (Å²) < 4.78 is 61.1. The van der Waals surface area contributed by atoms with Gasteiger partial charge in [-0.05, 0) is 26.0 Å². The minimum atomic E-state index is -4.62. The molecule has 0 saturated carbocycles. The lowest BCUT2D eigenvalue weighted by Crippen LogP contribution is -2.17. The van der Waals surface area contributed by atoms with Crippen molar-refractivity contribution in [1.29, 1.82) is 0 Å². The van der Waals surface area contributed by atoms with Crippen LogP contribution in [0.4, 0.5) is 8.78 Å². The maximum absolute atomic E-state index is 14.0. The van der Waals surface area contributed by atoms with E-state index < -0.39 is 24.1 Å². The fourth-order valence-corrected chi connectivity index (χ4v) is 3.75. The van der Waals surface area contributed by atoms with Crippen molar-refractivity contribution >= 4 is 18.4 Å². The molecule has 0 heterocycles. The Morgan fingerprint density at radius 3 is 2.19 bits per heavy atom. The summed E-state index contributed by atoms with van der Waals surface area (Å²) in [7, 11) is -6.39. The Kier molecular flexibility index (Phi) is 6.87. The first-order chi connectivity index (χ1) is 9.86. The van der Waals surface area contributed by atoms with Gasteiger partial charge < -0.3 is 9.05 Å². The standard InChI is InChI=1S/C13H17F2O4PS/c1-3-18-20(16,19-4-2)13(14,15)10-11-21(17)12-8-6-5-7-9-12/h5-11H,3-4H2,1-2H3/b11-10+. The number of rotatable bonds is 8. The molecule has 8 heteroatoms. The first-order valence-corrected chi connectivity index (χ1v) is 9.04. The second-order valence-electron chi connectivity index (χ2n) is 3.83. The Bertz CT molecular complexity index is 538. The van der Waals surface area contributed by atoms with Gasteiger partial charge in [-0.1, -0.05) is 18.2 Å². The molecule has 0 aliphatic rings. The highest BCUT2D eigenvalue weighted by Crippen LogP contribution is 2.62. The van der Waals surface area contributed by atoms with E-state index in [9.17, 15) is 17.6 Å². The van der Waals surface area contributed by atoms with Crippen molar-refractivity contribution in [3.05, 3.63) is 41.8 Å². The smallest absolute Gasteiger partial charge is 0.304 e. The van der Waals surface area contributed by atoms with Gasteiger partial charge in [-0.3, -0.25) is 4.57 Å². The maximum atomic E-state index is 14.0. The molecule has 0 bridgehead atoms. The van der Waals surface area contributed by atoms with Crippen LogP contribution in [0, 0.1) is 0 Å². The van der Waals surface area contributed by atoms with E-state index in [0.29, 0.717) is 11.0 Å². The summed E-state index contributed by atoms with van der Waals surface area (Å²) >= 11 is 0. The van der Waals surface area contributed by atoms with E-state index in [1.54, 1.807) is 30.3 Å². The summed E-state index contributed by atoms with van der Waals surface area (Å²) in [6.45, 7) is 2.52. The Labute approximate surface area is 125 Å². The summed E-state index contributed by atoms with van der Waals surface area (Å²) in [6, 6.07) is 8.10. The van der Waals surface area contributed by atoms with Crippen molar-refractivity contribution in [2.75, 3.05) is 13.2 Å². The number of benzene rings is 1. The van der Waals surface area contributed by atoms with Gasteiger partial charge in [0.05, 0.1) is 24.0 Å². The molecule has 4 nitrogen and oxygen atoms in total. The second-order valence-corrected chi connectivity index (χ2v) is 7.28. The lowest BCUT2D eigenvalue weighted by atomic mass is 10.4. The molecular formula is C13H17F2O4PS. The molecule has 0 aromatic heterocycles. The highest BCUT2D eigenvalue weighted by molar-refractivity contribution is 7.88. The summed E-state index contributed by atoms with van der Waals surface area (Å²) in [5.41, 5.74) is -3.84. The molecule has 0 radical (unpaired) electrons. The molecule has 1 rings (SSSR count). The van der Waals surface area contributed by atoms with E-state index in [4.69, 9.17) is 0 Å². The molecule has 1 atom stereocenters. The zero-order valence-corrected chi connectivity index (χ0v) is 13.4. The van der Waals surface area contributed by atoms with Crippen LogP contribution in [0.25, 0.3) is 0 Å². The van der Waals surface area contributed by atoms with Crippen LogP contribution in [-0.4, -0.2) is 23.1 Å². The van der Waals surface area contributed by atoms with Crippen molar-refractivity contribution in [3.8, 4) is 0 Å². The van der Waals surface area contributed by atoms with Crippen LogP contribution in [0.2, 0.25) is 0 Å². The average molecular weight is 338 g/mol. The Morgan fingerprint density at radius 2 is 1.71 bits per heavy atom. The fourth-order valence-electron chi connectivity index (χ4n) is 1.42. The largest absolute Gasteiger partial charge is 0.403 e. The maximum Gasteiger partial charge on any atom is 0.403 e. The summed E-state index contributed by atoms with van der Waals surface area (Å²) in [5, 5.41) is 0.792. The van der Waals surface area contributed by atoms with Gasteiger partial charge in [-0.25, -0.2) is 4.21 Å². The zero-order chi connectivity index (χ0) is 15.9. The summed E-state index contributed by atoms with van der Waals surface area (Å²) in [4.78, 5) is 0.368. The Hall–Kier alpha value is -0.880. The topological polar surface area (TPSA) is 52.6 Å². The summed E-state index contributed by atoms with van der Waals surface area (Å²) in [5.74, 6) is 0. The number of alkyl halides is 2. The quantitative estimate of drug-likeness (QED) is 0.668. The molecular weight excluding hydrogens is 321 g/mol. The van der Waals surface area contributed by atoms with Gasteiger partial charge in [0.1, 0.15) is 0 Å². The molecule has 1 aromatic rings. The first kappa shape index (κ1) is 18.2. The molecule has 1 aromatic carbocycles. The van der Waals surface area contributed by atoms with Gasteiger partial charge in [0.2, 0.25) is 0 Å². The third-order valence-corrected chi connectivity index (χ3v) is 5.53. The lowest BCUT2D eigenvalue weighted by Gasteiger charge is -2.23. The molecule has 118 valence electrons. The molecule has 0 aliphatic carbocycles.